The molecule has 2 N–H and O–H groups in total. The van der Waals surface area contributed by atoms with E-state index in [1.165, 1.54) is 0 Å². The summed E-state index contributed by atoms with van der Waals surface area (Å²) in [6.07, 6.45) is 2.27. The van der Waals surface area contributed by atoms with E-state index in [-0.39, 0.29) is 23.8 Å². The van der Waals surface area contributed by atoms with Gasteiger partial charge in [-0.05, 0) is 12.8 Å². The third kappa shape index (κ3) is 3.45. The van der Waals surface area contributed by atoms with E-state index in [0.717, 1.165) is 19.4 Å². The van der Waals surface area contributed by atoms with Crippen molar-refractivity contribution < 1.29 is 14.3 Å². The molecule has 6 heteroatoms. The normalized spacial score (nSPS) is 28.0. The van der Waals surface area contributed by atoms with Crippen molar-refractivity contribution in [1.82, 2.24) is 9.80 Å². The lowest BCUT2D eigenvalue weighted by atomic mass is 10.0. The number of hydrogen-bond acceptors (Lipinski definition) is 4. The van der Waals surface area contributed by atoms with Crippen LogP contribution in [0, 0.1) is 5.92 Å². The molecule has 0 aromatic heterocycles. The molecule has 0 aliphatic carbocycles. The maximum absolute atomic E-state index is 12.4. The number of likely N-dealkylation sites (tertiary alicyclic amines) is 2. The molecule has 0 saturated carbocycles. The van der Waals surface area contributed by atoms with Crippen LogP contribution in [0.25, 0.3) is 0 Å². The van der Waals surface area contributed by atoms with Crippen LogP contribution in [0.15, 0.2) is 0 Å². The highest BCUT2D eigenvalue weighted by molar-refractivity contribution is 5.89. The van der Waals surface area contributed by atoms with Gasteiger partial charge in [-0.3, -0.25) is 9.59 Å². The summed E-state index contributed by atoms with van der Waals surface area (Å²) >= 11 is 0. The zero-order valence-corrected chi connectivity index (χ0v) is 11.5. The standard InChI is InChI=1S/C13H23N3O3/c1-19-6-5-15-8-10(7-12(15)17)13(18)16-4-2-3-11(14)9-16/h10-11H,2-9,14H2,1H3. The van der Waals surface area contributed by atoms with Gasteiger partial charge in [0.2, 0.25) is 11.8 Å². The number of carbonyl (C=O) groups excluding carboxylic acids is 2. The number of nitrogens with zero attached hydrogens (tertiary/aromatic N) is 2. The molecule has 2 aliphatic heterocycles. The lowest BCUT2D eigenvalue weighted by Crippen LogP contribution is -2.48. The first-order valence-electron chi connectivity index (χ1n) is 6.93. The first-order chi connectivity index (χ1) is 9.11. The summed E-state index contributed by atoms with van der Waals surface area (Å²) in [4.78, 5) is 27.7. The van der Waals surface area contributed by atoms with Gasteiger partial charge in [-0.15, -0.1) is 0 Å². The summed E-state index contributed by atoms with van der Waals surface area (Å²) in [7, 11) is 1.61. The summed E-state index contributed by atoms with van der Waals surface area (Å²) in [5.41, 5.74) is 5.89. The molecule has 19 heavy (non-hydrogen) atoms. The average Bonchev–Trinajstić information content (AvgIpc) is 2.77. The Morgan fingerprint density at radius 1 is 1.47 bits per heavy atom. The molecule has 108 valence electrons. The second-order valence-electron chi connectivity index (χ2n) is 5.42. The minimum absolute atomic E-state index is 0.0525. The number of amides is 2. The predicted octanol–water partition coefficient (Wildman–Crippen LogP) is -0.569. The highest BCUT2D eigenvalue weighted by Gasteiger charge is 2.37. The molecule has 2 atom stereocenters. The molecule has 0 aromatic carbocycles. The number of rotatable bonds is 4. The van der Waals surface area contributed by atoms with E-state index < -0.39 is 0 Å². The molecule has 0 bridgehead atoms. The molecule has 6 nitrogen and oxygen atoms in total. The van der Waals surface area contributed by atoms with Gasteiger partial charge in [0.25, 0.3) is 0 Å². The van der Waals surface area contributed by atoms with Crippen molar-refractivity contribution >= 4 is 11.8 Å². The van der Waals surface area contributed by atoms with Crippen molar-refractivity contribution in [3.63, 3.8) is 0 Å². The Morgan fingerprint density at radius 2 is 2.26 bits per heavy atom. The molecule has 0 spiro atoms. The van der Waals surface area contributed by atoms with E-state index in [1.807, 2.05) is 4.90 Å². The van der Waals surface area contributed by atoms with Gasteiger partial charge in [0.05, 0.1) is 12.5 Å². The summed E-state index contributed by atoms with van der Waals surface area (Å²) < 4.78 is 4.97. The van der Waals surface area contributed by atoms with Gasteiger partial charge in [0.15, 0.2) is 0 Å². The number of hydrogen-bond donors (Lipinski definition) is 1. The second kappa shape index (κ2) is 6.34. The molecule has 2 unspecified atom stereocenters. The van der Waals surface area contributed by atoms with Crippen LogP contribution < -0.4 is 5.73 Å². The van der Waals surface area contributed by atoms with Gasteiger partial charge in [0, 0.05) is 45.8 Å². The van der Waals surface area contributed by atoms with E-state index in [9.17, 15) is 9.59 Å². The largest absolute Gasteiger partial charge is 0.383 e. The van der Waals surface area contributed by atoms with E-state index in [1.54, 1.807) is 12.0 Å². The first kappa shape index (κ1) is 14.3. The van der Waals surface area contributed by atoms with E-state index >= 15 is 0 Å². The highest BCUT2D eigenvalue weighted by Crippen LogP contribution is 2.21. The van der Waals surface area contributed by atoms with Gasteiger partial charge in [0.1, 0.15) is 0 Å². The summed E-state index contributed by atoms with van der Waals surface area (Å²) in [6, 6.07) is 0.0828. The van der Waals surface area contributed by atoms with Crippen molar-refractivity contribution in [2.45, 2.75) is 25.3 Å². The Kier molecular flexibility index (Phi) is 4.76. The van der Waals surface area contributed by atoms with Crippen LogP contribution in [0.2, 0.25) is 0 Å². The minimum atomic E-state index is -0.199. The zero-order chi connectivity index (χ0) is 13.8. The Hall–Kier alpha value is -1.14. The Morgan fingerprint density at radius 3 is 2.95 bits per heavy atom. The number of carbonyl (C=O) groups is 2. The van der Waals surface area contributed by atoms with Crippen LogP contribution in [0.3, 0.4) is 0 Å². The molecule has 0 aromatic rings. The van der Waals surface area contributed by atoms with Gasteiger partial charge < -0.3 is 20.3 Å². The summed E-state index contributed by atoms with van der Waals surface area (Å²) in [5.74, 6) is -0.0604. The van der Waals surface area contributed by atoms with Crippen LogP contribution in [-0.2, 0) is 14.3 Å². The van der Waals surface area contributed by atoms with Crippen LogP contribution >= 0.6 is 0 Å². The summed E-state index contributed by atoms with van der Waals surface area (Å²) in [6.45, 7) is 3.00. The Labute approximate surface area is 113 Å². The summed E-state index contributed by atoms with van der Waals surface area (Å²) in [5, 5.41) is 0. The van der Waals surface area contributed by atoms with E-state index in [0.29, 0.717) is 32.7 Å². The van der Waals surface area contributed by atoms with E-state index in [4.69, 9.17) is 10.5 Å². The highest BCUT2D eigenvalue weighted by atomic mass is 16.5. The van der Waals surface area contributed by atoms with Gasteiger partial charge in [-0.25, -0.2) is 0 Å². The maximum Gasteiger partial charge on any atom is 0.228 e. The van der Waals surface area contributed by atoms with Crippen LogP contribution in [0.4, 0.5) is 0 Å². The SMILES string of the molecule is COCCN1CC(C(=O)N2CCCC(N)C2)CC1=O. The van der Waals surface area contributed by atoms with Crippen LogP contribution in [0.1, 0.15) is 19.3 Å². The van der Waals surface area contributed by atoms with Crippen molar-refractivity contribution in [1.29, 1.82) is 0 Å². The van der Waals surface area contributed by atoms with Crippen molar-refractivity contribution in [3.8, 4) is 0 Å². The topological polar surface area (TPSA) is 75.9 Å². The fourth-order valence-electron chi connectivity index (χ4n) is 2.82. The smallest absolute Gasteiger partial charge is 0.228 e. The van der Waals surface area contributed by atoms with Crippen LogP contribution in [-0.4, -0.2) is 67.6 Å². The quantitative estimate of drug-likeness (QED) is 0.741. The lowest BCUT2D eigenvalue weighted by molar-refractivity contribution is -0.137. The molecule has 2 fully saturated rings. The average molecular weight is 269 g/mol. The van der Waals surface area contributed by atoms with Gasteiger partial charge in [-0.1, -0.05) is 0 Å². The lowest BCUT2D eigenvalue weighted by Gasteiger charge is -2.32. The molecule has 2 rings (SSSR count). The predicted molar refractivity (Wildman–Crippen MR) is 70.4 cm³/mol. The molecular formula is C13H23N3O3. The van der Waals surface area contributed by atoms with Gasteiger partial charge >= 0.3 is 0 Å². The zero-order valence-electron chi connectivity index (χ0n) is 11.5. The monoisotopic (exact) mass is 269 g/mol. The third-order valence-corrected chi connectivity index (χ3v) is 3.90. The van der Waals surface area contributed by atoms with Crippen molar-refractivity contribution in [2.24, 2.45) is 11.7 Å². The number of piperidine rings is 1. The number of methoxy groups -OCH3 is 1. The fourth-order valence-corrected chi connectivity index (χ4v) is 2.82. The Bertz CT molecular complexity index is 348. The first-order valence-corrected chi connectivity index (χ1v) is 6.93. The van der Waals surface area contributed by atoms with E-state index in [2.05, 4.69) is 0 Å². The van der Waals surface area contributed by atoms with Gasteiger partial charge in [-0.2, -0.15) is 0 Å². The van der Waals surface area contributed by atoms with Crippen molar-refractivity contribution in [2.75, 3.05) is 39.9 Å². The fraction of sp³-hybridized carbons (Fsp3) is 0.846. The number of nitrogens with two attached hydrogens (primary N) is 1. The molecule has 2 amide bonds. The Balaban J connectivity index is 1.88. The molecule has 2 heterocycles. The van der Waals surface area contributed by atoms with Crippen molar-refractivity contribution in [3.05, 3.63) is 0 Å². The number of ether oxygens (including phenoxy) is 1. The second-order valence-corrected chi connectivity index (χ2v) is 5.42. The molecule has 2 saturated heterocycles. The van der Waals surface area contributed by atoms with Crippen LogP contribution in [0.5, 0.6) is 0 Å². The molecule has 2 aliphatic rings. The maximum atomic E-state index is 12.4. The minimum Gasteiger partial charge on any atom is -0.383 e. The molecule has 0 radical (unpaired) electrons. The molecular weight excluding hydrogens is 246 g/mol. The third-order valence-electron chi connectivity index (χ3n) is 3.90.